The molecule has 21 heavy (non-hydrogen) atoms. The fourth-order valence-corrected chi connectivity index (χ4v) is 2.53. The predicted molar refractivity (Wildman–Crippen MR) is 72.0 cm³/mol. The van der Waals surface area contributed by atoms with E-state index in [1.807, 2.05) is 0 Å². The summed E-state index contributed by atoms with van der Waals surface area (Å²) in [5, 5.41) is 18.8. The second-order valence-electron chi connectivity index (χ2n) is 5.04. The number of carbonyl (C=O) groups is 2. The van der Waals surface area contributed by atoms with Crippen molar-refractivity contribution in [3.8, 4) is 0 Å². The highest BCUT2D eigenvalue weighted by atomic mass is 16.4. The number of hydrogen-bond donors (Lipinski definition) is 4. The number of anilines is 1. The van der Waals surface area contributed by atoms with Gasteiger partial charge in [-0.3, -0.25) is 19.4 Å². The van der Waals surface area contributed by atoms with Crippen molar-refractivity contribution >= 4 is 17.8 Å². The van der Waals surface area contributed by atoms with Crippen molar-refractivity contribution in [3.63, 3.8) is 0 Å². The van der Waals surface area contributed by atoms with Crippen molar-refractivity contribution in [2.75, 3.05) is 5.73 Å². The Morgan fingerprint density at radius 2 is 1.95 bits per heavy atom. The number of aliphatic carboxylic acids is 1. The van der Waals surface area contributed by atoms with Gasteiger partial charge in [-0.25, -0.2) is 0 Å². The molecule has 0 radical (unpaired) electrons. The smallest absolute Gasteiger partial charge is 0.307 e. The number of rotatable bonds is 4. The van der Waals surface area contributed by atoms with Crippen molar-refractivity contribution in [1.82, 2.24) is 20.5 Å². The average molecular weight is 295 g/mol. The van der Waals surface area contributed by atoms with Crippen molar-refractivity contribution in [3.05, 3.63) is 16.0 Å². The molecule has 0 aliphatic heterocycles. The van der Waals surface area contributed by atoms with Gasteiger partial charge in [-0.05, 0) is 12.8 Å². The van der Waals surface area contributed by atoms with Gasteiger partial charge in [0.25, 0.3) is 5.56 Å². The van der Waals surface area contributed by atoms with E-state index in [0.717, 1.165) is 12.8 Å². The lowest BCUT2D eigenvalue weighted by Crippen LogP contribution is -2.40. The lowest BCUT2D eigenvalue weighted by Gasteiger charge is -2.27. The van der Waals surface area contributed by atoms with Gasteiger partial charge >= 0.3 is 5.97 Å². The molecule has 1 saturated carbocycles. The number of carboxylic acid groups (broad SMARTS) is 1. The van der Waals surface area contributed by atoms with Gasteiger partial charge in [0.1, 0.15) is 5.69 Å². The summed E-state index contributed by atoms with van der Waals surface area (Å²) in [5.74, 6) is -2.68. The Hall–Kier alpha value is -2.45. The van der Waals surface area contributed by atoms with Crippen LogP contribution < -0.4 is 16.6 Å². The van der Waals surface area contributed by atoms with Crippen LogP contribution in [0.25, 0.3) is 0 Å². The van der Waals surface area contributed by atoms with Crippen LogP contribution in [-0.2, 0) is 16.1 Å². The normalized spacial score (nSPS) is 21.7. The van der Waals surface area contributed by atoms with Crippen LogP contribution in [0.1, 0.15) is 31.4 Å². The minimum Gasteiger partial charge on any atom is -0.481 e. The van der Waals surface area contributed by atoms with Gasteiger partial charge in [-0.15, -0.1) is 10.2 Å². The molecule has 1 aliphatic carbocycles. The van der Waals surface area contributed by atoms with Crippen LogP contribution in [0.3, 0.4) is 0 Å². The first-order chi connectivity index (χ1) is 9.99. The number of carboxylic acids is 1. The summed E-state index contributed by atoms with van der Waals surface area (Å²) in [6, 6.07) is 0. The summed E-state index contributed by atoms with van der Waals surface area (Å²) < 4.78 is 0. The van der Waals surface area contributed by atoms with Crippen LogP contribution in [0.2, 0.25) is 0 Å². The number of nitrogens with one attached hydrogen (secondary N) is 2. The fourth-order valence-electron chi connectivity index (χ4n) is 2.53. The molecule has 1 fully saturated rings. The third-order valence-corrected chi connectivity index (χ3v) is 3.63. The Balaban J connectivity index is 2.00. The van der Waals surface area contributed by atoms with Crippen molar-refractivity contribution in [2.24, 2.45) is 11.8 Å². The molecule has 1 amide bonds. The maximum absolute atomic E-state index is 12.1. The number of amides is 1. The van der Waals surface area contributed by atoms with E-state index in [1.54, 1.807) is 0 Å². The van der Waals surface area contributed by atoms with E-state index in [1.165, 1.54) is 0 Å². The largest absolute Gasteiger partial charge is 0.481 e. The number of aromatic nitrogens is 3. The second kappa shape index (κ2) is 6.33. The highest BCUT2D eigenvalue weighted by molar-refractivity contribution is 5.84. The molecular weight excluding hydrogens is 278 g/mol. The Morgan fingerprint density at radius 1 is 1.29 bits per heavy atom. The number of carbonyl (C=O) groups excluding carboxylic acids is 1. The van der Waals surface area contributed by atoms with Crippen molar-refractivity contribution < 1.29 is 14.7 Å². The summed E-state index contributed by atoms with van der Waals surface area (Å²) in [6.45, 7) is -0.107. The highest BCUT2D eigenvalue weighted by Crippen LogP contribution is 2.30. The van der Waals surface area contributed by atoms with Gasteiger partial charge in [0.15, 0.2) is 0 Å². The SMILES string of the molecule is Nc1nnc(CNC(=O)C2CCCCC2C(=O)O)c(=O)[nH]1. The van der Waals surface area contributed by atoms with Crippen LogP contribution in [0.5, 0.6) is 0 Å². The standard InChI is InChI=1S/C12H17N5O4/c13-12-15-10(19)8(16-17-12)5-14-9(18)6-3-1-2-4-7(6)11(20)21/h6-7H,1-5H2,(H,14,18)(H,20,21)(H3,13,15,17,19). The van der Waals surface area contributed by atoms with E-state index in [9.17, 15) is 14.4 Å². The van der Waals surface area contributed by atoms with Crippen LogP contribution in [0.15, 0.2) is 4.79 Å². The lowest BCUT2D eigenvalue weighted by molar-refractivity contribution is -0.148. The minimum absolute atomic E-state index is 0.0280. The molecular formula is C12H17N5O4. The van der Waals surface area contributed by atoms with Crippen LogP contribution in [0, 0.1) is 11.8 Å². The molecule has 2 unspecified atom stereocenters. The van der Waals surface area contributed by atoms with Gasteiger partial charge in [-0.1, -0.05) is 12.8 Å². The maximum atomic E-state index is 12.1. The summed E-state index contributed by atoms with van der Waals surface area (Å²) in [5.41, 5.74) is 4.77. The van der Waals surface area contributed by atoms with Crippen LogP contribution >= 0.6 is 0 Å². The predicted octanol–water partition coefficient (Wildman–Crippen LogP) is -0.746. The summed E-state index contributed by atoms with van der Waals surface area (Å²) in [6.07, 6.45) is 2.66. The Labute approximate surface area is 120 Å². The van der Waals surface area contributed by atoms with Gasteiger partial charge in [0.2, 0.25) is 11.9 Å². The Bertz CT molecular complexity index is 600. The molecule has 114 valence electrons. The molecule has 9 heteroatoms. The summed E-state index contributed by atoms with van der Waals surface area (Å²) in [4.78, 5) is 37.1. The van der Waals surface area contributed by atoms with E-state index in [0.29, 0.717) is 12.8 Å². The van der Waals surface area contributed by atoms with Crippen molar-refractivity contribution in [1.29, 1.82) is 0 Å². The third-order valence-electron chi connectivity index (χ3n) is 3.63. The van der Waals surface area contributed by atoms with Gasteiger partial charge in [0, 0.05) is 0 Å². The zero-order valence-corrected chi connectivity index (χ0v) is 11.3. The number of nitrogen functional groups attached to an aromatic ring is 1. The van der Waals surface area contributed by atoms with Crippen LogP contribution in [-0.4, -0.2) is 32.2 Å². The number of nitrogens with zero attached hydrogens (tertiary/aromatic N) is 2. The van der Waals surface area contributed by atoms with E-state index in [-0.39, 0.29) is 24.1 Å². The van der Waals surface area contributed by atoms with Crippen molar-refractivity contribution in [2.45, 2.75) is 32.2 Å². The number of aromatic amines is 1. The zero-order valence-electron chi connectivity index (χ0n) is 11.3. The molecule has 0 saturated heterocycles. The molecule has 0 aromatic carbocycles. The number of nitrogens with two attached hydrogens (primary N) is 1. The first kappa shape index (κ1) is 14.9. The summed E-state index contributed by atoms with van der Waals surface area (Å²) >= 11 is 0. The zero-order chi connectivity index (χ0) is 15.4. The highest BCUT2D eigenvalue weighted by Gasteiger charge is 2.35. The minimum atomic E-state index is -0.958. The number of hydrogen-bond acceptors (Lipinski definition) is 6. The molecule has 1 aliphatic rings. The molecule has 5 N–H and O–H groups in total. The molecule has 9 nitrogen and oxygen atoms in total. The Kier molecular flexibility index (Phi) is 4.51. The van der Waals surface area contributed by atoms with E-state index >= 15 is 0 Å². The average Bonchev–Trinajstić information content (AvgIpc) is 2.46. The van der Waals surface area contributed by atoms with Gasteiger partial charge < -0.3 is 16.2 Å². The van der Waals surface area contributed by atoms with Crippen LogP contribution in [0.4, 0.5) is 5.95 Å². The summed E-state index contributed by atoms with van der Waals surface area (Å²) in [7, 11) is 0. The maximum Gasteiger partial charge on any atom is 0.307 e. The molecule has 1 heterocycles. The second-order valence-corrected chi connectivity index (χ2v) is 5.04. The fraction of sp³-hybridized carbons (Fsp3) is 0.583. The van der Waals surface area contributed by atoms with E-state index < -0.39 is 23.4 Å². The molecule has 2 atom stereocenters. The molecule has 0 spiro atoms. The van der Waals surface area contributed by atoms with E-state index in [2.05, 4.69) is 20.5 Å². The lowest BCUT2D eigenvalue weighted by atomic mass is 9.79. The topological polar surface area (TPSA) is 151 Å². The Morgan fingerprint density at radius 3 is 2.57 bits per heavy atom. The first-order valence-corrected chi connectivity index (χ1v) is 6.71. The molecule has 0 bridgehead atoms. The van der Waals surface area contributed by atoms with Gasteiger partial charge in [-0.2, -0.15) is 0 Å². The molecule has 1 aromatic rings. The number of H-pyrrole nitrogens is 1. The quantitative estimate of drug-likeness (QED) is 0.570. The molecule has 1 aromatic heterocycles. The molecule has 2 rings (SSSR count). The third kappa shape index (κ3) is 3.56. The van der Waals surface area contributed by atoms with Gasteiger partial charge in [0.05, 0.1) is 18.4 Å². The van der Waals surface area contributed by atoms with E-state index in [4.69, 9.17) is 10.8 Å². The monoisotopic (exact) mass is 295 g/mol. The first-order valence-electron chi connectivity index (χ1n) is 6.71.